The van der Waals surface area contributed by atoms with Crippen LogP contribution in [0.25, 0.3) is 0 Å². The lowest BCUT2D eigenvalue weighted by Crippen LogP contribution is -2.34. The smallest absolute Gasteiger partial charge is 0.248 e. The number of carbonyl (C=O) groups is 2. The maximum absolute atomic E-state index is 12.6. The average Bonchev–Trinajstić information content (AvgIpc) is 2.43. The molecule has 3 rings (SSSR count). The molecule has 0 fully saturated rings. The normalized spacial score (nSPS) is 17.4. The molecule has 1 aliphatic carbocycles. The predicted molar refractivity (Wildman–Crippen MR) is 73.6 cm³/mol. The second-order valence-electron chi connectivity index (χ2n) is 5.06. The van der Waals surface area contributed by atoms with E-state index in [0.29, 0.717) is 28.8 Å². The number of aromatic nitrogens is 1. The van der Waals surface area contributed by atoms with Crippen LogP contribution in [0.5, 0.6) is 0 Å². The van der Waals surface area contributed by atoms with Crippen LogP contribution in [0.15, 0.2) is 33.9 Å². The number of dihydropyridines is 1. The lowest BCUT2D eigenvalue weighted by Gasteiger charge is -2.25. The number of H-pyrrole nitrogens is 1. The van der Waals surface area contributed by atoms with Crippen molar-refractivity contribution in [2.75, 3.05) is 0 Å². The summed E-state index contributed by atoms with van der Waals surface area (Å²) in [6.45, 7) is 3.68. The van der Waals surface area contributed by atoms with E-state index < -0.39 is 0 Å². The molecule has 0 spiro atoms. The molecule has 20 heavy (non-hydrogen) atoms. The van der Waals surface area contributed by atoms with Crippen molar-refractivity contribution in [1.82, 2.24) is 10.3 Å². The van der Waals surface area contributed by atoms with E-state index in [2.05, 4.69) is 10.3 Å². The van der Waals surface area contributed by atoms with Crippen LogP contribution in [0, 0.1) is 6.92 Å². The Labute approximate surface area is 115 Å². The molecule has 0 unspecified atom stereocenters. The van der Waals surface area contributed by atoms with E-state index in [1.54, 1.807) is 13.1 Å². The quantitative estimate of drug-likeness (QED) is 0.812. The molecule has 1 aliphatic heterocycles. The topological polar surface area (TPSA) is 79.0 Å². The van der Waals surface area contributed by atoms with Gasteiger partial charge in [-0.05, 0) is 24.5 Å². The minimum Gasteiger partial charge on any atom is -0.358 e. The Bertz CT molecular complexity index is 766. The zero-order valence-corrected chi connectivity index (χ0v) is 11.3. The SMILES string of the molecule is CCC1=CNC2=C(C1)C(=O)c1c(C)cc(=O)[nH]c1C2=O. The zero-order valence-electron chi connectivity index (χ0n) is 11.3. The summed E-state index contributed by atoms with van der Waals surface area (Å²) in [5.74, 6) is -0.489. The molecule has 1 aromatic rings. The number of allylic oxidation sites excluding steroid dienone is 3. The molecule has 2 heterocycles. The molecular weight excluding hydrogens is 256 g/mol. The third-order valence-electron chi connectivity index (χ3n) is 3.78. The molecule has 0 atom stereocenters. The van der Waals surface area contributed by atoms with E-state index in [9.17, 15) is 14.4 Å². The highest BCUT2D eigenvalue weighted by molar-refractivity contribution is 6.26. The highest BCUT2D eigenvalue weighted by atomic mass is 16.1. The van der Waals surface area contributed by atoms with Crippen molar-refractivity contribution in [3.05, 3.63) is 56.3 Å². The van der Waals surface area contributed by atoms with Crippen molar-refractivity contribution in [3.8, 4) is 0 Å². The van der Waals surface area contributed by atoms with Crippen molar-refractivity contribution in [2.45, 2.75) is 26.7 Å². The fourth-order valence-electron chi connectivity index (χ4n) is 2.68. The number of aromatic amines is 1. The van der Waals surface area contributed by atoms with Gasteiger partial charge in [0.15, 0.2) is 5.78 Å². The molecule has 0 saturated carbocycles. The van der Waals surface area contributed by atoms with Crippen LogP contribution in [0.3, 0.4) is 0 Å². The van der Waals surface area contributed by atoms with Gasteiger partial charge < -0.3 is 10.3 Å². The van der Waals surface area contributed by atoms with Gasteiger partial charge in [-0.1, -0.05) is 6.92 Å². The maximum atomic E-state index is 12.6. The Morgan fingerprint density at radius 2 is 1.95 bits per heavy atom. The van der Waals surface area contributed by atoms with Gasteiger partial charge in [0.25, 0.3) is 0 Å². The molecule has 2 aliphatic rings. The Balaban J connectivity index is 2.19. The van der Waals surface area contributed by atoms with E-state index in [-0.39, 0.29) is 22.8 Å². The van der Waals surface area contributed by atoms with Crippen molar-refractivity contribution in [1.29, 1.82) is 0 Å². The molecule has 5 heteroatoms. The summed E-state index contributed by atoms with van der Waals surface area (Å²) in [5.41, 5.74) is 2.47. The van der Waals surface area contributed by atoms with Crippen LogP contribution < -0.4 is 10.9 Å². The van der Waals surface area contributed by atoms with E-state index in [1.165, 1.54) is 6.07 Å². The first-order valence-electron chi connectivity index (χ1n) is 6.53. The highest BCUT2D eigenvalue weighted by Crippen LogP contribution is 2.31. The molecular formula is C15H14N2O3. The molecule has 0 saturated heterocycles. The highest BCUT2D eigenvalue weighted by Gasteiger charge is 2.35. The summed E-state index contributed by atoms with van der Waals surface area (Å²) in [6.07, 6.45) is 3.08. The lowest BCUT2D eigenvalue weighted by atomic mass is 9.83. The Morgan fingerprint density at radius 1 is 1.20 bits per heavy atom. The Kier molecular flexibility index (Phi) is 2.71. The number of aryl methyl sites for hydroxylation is 1. The van der Waals surface area contributed by atoms with Gasteiger partial charge in [0.05, 0.1) is 11.3 Å². The first-order valence-corrected chi connectivity index (χ1v) is 6.53. The average molecular weight is 270 g/mol. The minimum atomic E-state index is -0.368. The van der Waals surface area contributed by atoms with Crippen molar-refractivity contribution >= 4 is 11.6 Å². The minimum absolute atomic E-state index is 0.0969. The molecule has 0 radical (unpaired) electrons. The van der Waals surface area contributed by atoms with Crippen LogP contribution in [-0.2, 0) is 0 Å². The van der Waals surface area contributed by atoms with Crippen molar-refractivity contribution in [2.24, 2.45) is 0 Å². The third kappa shape index (κ3) is 1.66. The standard InChI is InChI=1S/C15H14N2O3/c1-3-8-5-9-12(16-6-8)15(20)13-11(14(9)19)7(2)4-10(18)17-13/h4,6,16H,3,5H2,1-2H3,(H,17,18). The number of hydrogen-bond donors (Lipinski definition) is 2. The summed E-state index contributed by atoms with van der Waals surface area (Å²) in [5, 5.41) is 2.91. The molecule has 1 aromatic heterocycles. The van der Waals surface area contributed by atoms with Gasteiger partial charge in [-0.15, -0.1) is 0 Å². The summed E-state index contributed by atoms with van der Waals surface area (Å²) in [4.78, 5) is 39.0. The number of hydrogen-bond acceptors (Lipinski definition) is 4. The molecule has 0 bridgehead atoms. The van der Waals surface area contributed by atoms with Gasteiger partial charge in [0.2, 0.25) is 11.3 Å². The monoisotopic (exact) mass is 270 g/mol. The largest absolute Gasteiger partial charge is 0.358 e. The number of rotatable bonds is 1. The predicted octanol–water partition coefficient (Wildman–Crippen LogP) is 1.60. The van der Waals surface area contributed by atoms with E-state index in [0.717, 1.165) is 12.0 Å². The molecule has 0 aromatic carbocycles. The number of carbonyl (C=O) groups excluding carboxylic acids is 2. The lowest BCUT2D eigenvalue weighted by molar-refractivity contribution is 0.0962. The fraction of sp³-hybridized carbons (Fsp3) is 0.267. The van der Waals surface area contributed by atoms with Gasteiger partial charge in [-0.25, -0.2) is 0 Å². The van der Waals surface area contributed by atoms with Gasteiger partial charge in [0, 0.05) is 24.3 Å². The number of pyridine rings is 1. The van der Waals surface area contributed by atoms with Crippen LogP contribution in [0.4, 0.5) is 0 Å². The second kappa shape index (κ2) is 4.30. The third-order valence-corrected chi connectivity index (χ3v) is 3.78. The van der Waals surface area contributed by atoms with Crippen LogP contribution in [-0.4, -0.2) is 16.6 Å². The first-order chi connectivity index (χ1) is 9.52. The van der Waals surface area contributed by atoms with Gasteiger partial charge in [-0.3, -0.25) is 14.4 Å². The molecule has 0 amide bonds. The van der Waals surface area contributed by atoms with E-state index in [4.69, 9.17) is 0 Å². The molecule has 102 valence electrons. The number of ketones is 2. The fourth-order valence-corrected chi connectivity index (χ4v) is 2.68. The van der Waals surface area contributed by atoms with Crippen LogP contribution >= 0.6 is 0 Å². The Hall–Kier alpha value is -2.43. The van der Waals surface area contributed by atoms with E-state index >= 15 is 0 Å². The Morgan fingerprint density at radius 3 is 2.65 bits per heavy atom. The zero-order chi connectivity index (χ0) is 14.4. The van der Waals surface area contributed by atoms with Gasteiger partial charge in [-0.2, -0.15) is 0 Å². The summed E-state index contributed by atoms with van der Waals surface area (Å²) >= 11 is 0. The summed E-state index contributed by atoms with van der Waals surface area (Å²) < 4.78 is 0. The summed E-state index contributed by atoms with van der Waals surface area (Å²) in [7, 11) is 0. The summed E-state index contributed by atoms with van der Waals surface area (Å²) in [6, 6.07) is 1.35. The number of nitrogens with one attached hydrogen (secondary N) is 2. The van der Waals surface area contributed by atoms with Gasteiger partial charge in [0.1, 0.15) is 5.69 Å². The van der Waals surface area contributed by atoms with Crippen LogP contribution in [0.2, 0.25) is 0 Å². The van der Waals surface area contributed by atoms with Gasteiger partial charge >= 0.3 is 0 Å². The first kappa shape index (κ1) is 12.6. The molecule has 5 nitrogen and oxygen atoms in total. The van der Waals surface area contributed by atoms with Crippen LogP contribution in [0.1, 0.15) is 46.2 Å². The second-order valence-corrected chi connectivity index (χ2v) is 5.06. The maximum Gasteiger partial charge on any atom is 0.248 e. The van der Waals surface area contributed by atoms with E-state index in [1.807, 2.05) is 6.92 Å². The number of Topliss-reactive ketones (excluding diaryl/α,β-unsaturated/α-hetero) is 2. The number of fused-ring (bicyclic) bond motifs is 1. The molecule has 2 N–H and O–H groups in total. The van der Waals surface area contributed by atoms with Crippen molar-refractivity contribution < 1.29 is 9.59 Å². The van der Waals surface area contributed by atoms with Crippen molar-refractivity contribution in [3.63, 3.8) is 0 Å².